The molecule has 0 aromatic heterocycles. The van der Waals surface area contributed by atoms with Gasteiger partial charge in [-0.3, -0.25) is 19.8 Å². The maximum atomic E-state index is 11.9. The van der Waals surface area contributed by atoms with Crippen LogP contribution in [0.25, 0.3) is 0 Å². The Labute approximate surface area is 132 Å². The molecule has 0 saturated carbocycles. The van der Waals surface area contributed by atoms with E-state index in [9.17, 15) is 14.4 Å². The SMILES string of the molecule is CN(C)C(=O)C1CCN(CC(=O)NC(=O)NC(C)(C)C)CC1. The van der Waals surface area contributed by atoms with Crippen LogP contribution in [0.2, 0.25) is 0 Å². The number of rotatable bonds is 3. The van der Waals surface area contributed by atoms with E-state index in [4.69, 9.17) is 0 Å². The molecule has 0 bridgehead atoms. The fraction of sp³-hybridized carbons (Fsp3) is 0.800. The van der Waals surface area contributed by atoms with Crippen LogP contribution in [0.3, 0.4) is 0 Å². The predicted octanol–water partition coefficient (Wildman–Crippen LogP) is 0.411. The van der Waals surface area contributed by atoms with Gasteiger partial charge in [0.15, 0.2) is 0 Å². The van der Waals surface area contributed by atoms with Gasteiger partial charge in [-0.05, 0) is 46.7 Å². The van der Waals surface area contributed by atoms with Crippen LogP contribution in [0.4, 0.5) is 4.79 Å². The molecule has 1 aliphatic rings. The smallest absolute Gasteiger partial charge is 0.321 e. The summed E-state index contributed by atoms with van der Waals surface area (Å²) in [6, 6.07) is -0.477. The summed E-state index contributed by atoms with van der Waals surface area (Å²) in [5, 5.41) is 5.01. The van der Waals surface area contributed by atoms with Crippen LogP contribution in [0.5, 0.6) is 0 Å². The van der Waals surface area contributed by atoms with E-state index in [1.807, 2.05) is 25.7 Å². The molecule has 2 N–H and O–H groups in total. The Bertz CT molecular complexity index is 421. The molecule has 0 aromatic carbocycles. The number of amides is 4. The van der Waals surface area contributed by atoms with Gasteiger partial charge in [-0.15, -0.1) is 0 Å². The molecular formula is C15H28N4O3. The summed E-state index contributed by atoms with van der Waals surface area (Å²) in [7, 11) is 3.52. The number of nitrogens with one attached hydrogen (secondary N) is 2. The Balaban J connectivity index is 2.33. The third kappa shape index (κ3) is 6.43. The standard InChI is InChI=1S/C15H28N4O3/c1-15(2,3)17-14(22)16-12(20)10-19-8-6-11(7-9-19)13(21)18(4)5/h11H,6-10H2,1-5H3,(H2,16,17,20,22). The molecule has 0 spiro atoms. The highest BCUT2D eigenvalue weighted by Crippen LogP contribution is 2.18. The first kappa shape index (κ1) is 18.4. The van der Waals surface area contributed by atoms with Gasteiger partial charge in [-0.25, -0.2) is 4.79 Å². The van der Waals surface area contributed by atoms with Gasteiger partial charge in [-0.2, -0.15) is 0 Å². The normalized spacial score (nSPS) is 17.0. The largest absolute Gasteiger partial charge is 0.349 e. The van der Waals surface area contributed by atoms with E-state index in [2.05, 4.69) is 10.6 Å². The van der Waals surface area contributed by atoms with Crippen LogP contribution >= 0.6 is 0 Å². The number of hydrogen-bond donors (Lipinski definition) is 2. The van der Waals surface area contributed by atoms with Crippen LogP contribution in [0.1, 0.15) is 33.6 Å². The summed E-state index contributed by atoms with van der Waals surface area (Å²) in [5.74, 6) is -0.133. The van der Waals surface area contributed by atoms with E-state index in [1.165, 1.54) is 0 Å². The number of carbonyl (C=O) groups excluding carboxylic acids is 3. The van der Waals surface area contributed by atoms with Gasteiger partial charge in [0.1, 0.15) is 0 Å². The molecule has 22 heavy (non-hydrogen) atoms. The second kappa shape index (κ2) is 7.58. The first-order valence-electron chi connectivity index (χ1n) is 7.64. The van der Waals surface area contributed by atoms with Crippen molar-refractivity contribution in [2.45, 2.75) is 39.2 Å². The van der Waals surface area contributed by atoms with Crippen molar-refractivity contribution in [2.24, 2.45) is 5.92 Å². The summed E-state index contributed by atoms with van der Waals surface area (Å²) in [6.07, 6.45) is 1.50. The van der Waals surface area contributed by atoms with Crippen LogP contribution in [-0.4, -0.2) is 66.9 Å². The van der Waals surface area contributed by atoms with E-state index >= 15 is 0 Å². The first-order valence-corrected chi connectivity index (χ1v) is 7.64. The third-order valence-electron chi connectivity index (χ3n) is 3.49. The minimum Gasteiger partial charge on any atom is -0.349 e. The van der Waals surface area contributed by atoms with Crippen LogP contribution in [0.15, 0.2) is 0 Å². The first-order chi connectivity index (χ1) is 10.1. The highest BCUT2D eigenvalue weighted by atomic mass is 16.2. The molecule has 1 aliphatic heterocycles. The summed E-state index contributed by atoms with van der Waals surface area (Å²) >= 11 is 0. The van der Waals surface area contributed by atoms with E-state index in [0.29, 0.717) is 13.1 Å². The van der Waals surface area contributed by atoms with Crippen molar-refractivity contribution in [3.63, 3.8) is 0 Å². The Morgan fingerprint density at radius 3 is 2.14 bits per heavy atom. The van der Waals surface area contributed by atoms with Crippen molar-refractivity contribution in [1.82, 2.24) is 20.4 Å². The van der Waals surface area contributed by atoms with E-state index in [0.717, 1.165) is 12.8 Å². The van der Waals surface area contributed by atoms with Crippen LogP contribution in [0, 0.1) is 5.92 Å². The number of nitrogens with zero attached hydrogens (tertiary/aromatic N) is 2. The number of likely N-dealkylation sites (tertiary alicyclic amines) is 1. The molecule has 7 nitrogen and oxygen atoms in total. The molecule has 0 radical (unpaired) electrons. The van der Waals surface area contributed by atoms with Gasteiger partial charge in [0.05, 0.1) is 6.54 Å². The van der Waals surface area contributed by atoms with Gasteiger partial charge >= 0.3 is 6.03 Å². The molecule has 0 unspecified atom stereocenters. The minimum absolute atomic E-state index is 0.0403. The summed E-state index contributed by atoms with van der Waals surface area (Å²) < 4.78 is 0. The lowest BCUT2D eigenvalue weighted by Gasteiger charge is -2.31. The average molecular weight is 312 g/mol. The fourth-order valence-corrected chi connectivity index (χ4v) is 2.44. The molecule has 0 aromatic rings. The Hall–Kier alpha value is -1.63. The zero-order valence-corrected chi connectivity index (χ0v) is 14.2. The van der Waals surface area contributed by atoms with Crippen molar-refractivity contribution in [3.8, 4) is 0 Å². The van der Waals surface area contributed by atoms with Gasteiger partial charge in [0.2, 0.25) is 11.8 Å². The molecule has 0 aliphatic carbocycles. The summed E-state index contributed by atoms with van der Waals surface area (Å²) in [5.41, 5.74) is -0.380. The van der Waals surface area contributed by atoms with Gasteiger partial charge in [-0.1, -0.05) is 0 Å². The fourth-order valence-electron chi connectivity index (χ4n) is 2.44. The lowest BCUT2D eigenvalue weighted by molar-refractivity contribution is -0.134. The number of hydrogen-bond acceptors (Lipinski definition) is 4. The minimum atomic E-state index is -0.477. The van der Waals surface area contributed by atoms with Crippen molar-refractivity contribution in [3.05, 3.63) is 0 Å². The Morgan fingerprint density at radius 2 is 1.68 bits per heavy atom. The topological polar surface area (TPSA) is 81.8 Å². The lowest BCUT2D eigenvalue weighted by atomic mass is 9.95. The molecule has 126 valence electrons. The second-order valence-corrected chi connectivity index (χ2v) is 7.04. The van der Waals surface area contributed by atoms with E-state index < -0.39 is 6.03 Å². The molecule has 0 atom stereocenters. The highest BCUT2D eigenvalue weighted by molar-refractivity contribution is 5.95. The second-order valence-electron chi connectivity index (χ2n) is 7.04. The molecule has 1 saturated heterocycles. The van der Waals surface area contributed by atoms with Crippen molar-refractivity contribution in [2.75, 3.05) is 33.7 Å². The van der Waals surface area contributed by atoms with E-state index in [-0.39, 0.29) is 29.8 Å². The molecule has 4 amide bonds. The predicted molar refractivity (Wildman–Crippen MR) is 84.3 cm³/mol. The van der Waals surface area contributed by atoms with Gasteiger partial charge < -0.3 is 10.2 Å². The molecule has 1 heterocycles. The van der Waals surface area contributed by atoms with Crippen molar-refractivity contribution in [1.29, 1.82) is 0 Å². The van der Waals surface area contributed by atoms with Gasteiger partial charge in [0.25, 0.3) is 0 Å². The van der Waals surface area contributed by atoms with Crippen molar-refractivity contribution < 1.29 is 14.4 Å². The number of carbonyl (C=O) groups is 3. The van der Waals surface area contributed by atoms with Crippen LogP contribution in [-0.2, 0) is 9.59 Å². The highest BCUT2D eigenvalue weighted by Gasteiger charge is 2.27. The summed E-state index contributed by atoms with van der Waals surface area (Å²) in [6.45, 7) is 7.12. The Kier molecular flexibility index (Phi) is 6.34. The molecule has 1 rings (SSSR count). The zero-order valence-electron chi connectivity index (χ0n) is 14.2. The van der Waals surface area contributed by atoms with Crippen LogP contribution < -0.4 is 10.6 Å². The average Bonchev–Trinajstić information content (AvgIpc) is 2.35. The molecule has 1 fully saturated rings. The number of imide groups is 1. The quantitative estimate of drug-likeness (QED) is 0.791. The molecule has 7 heteroatoms. The summed E-state index contributed by atoms with van der Waals surface area (Å²) in [4.78, 5) is 38.9. The molecular weight excluding hydrogens is 284 g/mol. The van der Waals surface area contributed by atoms with E-state index in [1.54, 1.807) is 19.0 Å². The zero-order chi connectivity index (χ0) is 16.9. The number of urea groups is 1. The maximum Gasteiger partial charge on any atom is 0.321 e. The lowest BCUT2D eigenvalue weighted by Crippen LogP contribution is -2.51. The van der Waals surface area contributed by atoms with Gasteiger partial charge in [0, 0.05) is 25.6 Å². The number of piperidine rings is 1. The Morgan fingerprint density at radius 1 is 1.14 bits per heavy atom. The maximum absolute atomic E-state index is 11.9. The van der Waals surface area contributed by atoms with Crippen molar-refractivity contribution >= 4 is 17.8 Å². The monoisotopic (exact) mass is 312 g/mol. The third-order valence-corrected chi connectivity index (χ3v) is 3.49.